The maximum Gasteiger partial charge on any atom is 0.410 e. The molecule has 3 aromatic rings. The number of primary amides is 1. The van der Waals surface area contributed by atoms with Crippen molar-refractivity contribution in [2.24, 2.45) is 5.73 Å². The Balaban J connectivity index is 1.72. The number of carbonyl (C=O) groups excluding carboxylic acids is 1. The summed E-state index contributed by atoms with van der Waals surface area (Å²) in [6.07, 6.45) is 1.96. The molecule has 0 aliphatic carbocycles. The van der Waals surface area contributed by atoms with Crippen molar-refractivity contribution in [1.82, 2.24) is 9.97 Å². The van der Waals surface area contributed by atoms with Crippen molar-refractivity contribution in [3.63, 3.8) is 0 Å². The summed E-state index contributed by atoms with van der Waals surface area (Å²) >= 11 is 12.5. The van der Waals surface area contributed by atoms with Gasteiger partial charge in [-0.15, -0.1) is 0 Å². The van der Waals surface area contributed by atoms with Gasteiger partial charge in [0.05, 0.1) is 36.7 Å². The van der Waals surface area contributed by atoms with Crippen molar-refractivity contribution < 1.29 is 23.7 Å². The van der Waals surface area contributed by atoms with Gasteiger partial charge in [-0.3, -0.25) is 0 Å². The van der Waals surface area contributed by atoms with Crippen LogP contribution in [0.5, 0.6) is 23.0 Å². The largest absolute Gasteiger partial charge is 0.497 e. The Bertz CT molecular complexity index is 1080. The molecular weight excluding hydrogens is 447 g/mol. The van der Waals surface area contributed by atoms with Crippen LogP contribution in [0.25, 0.3) is 0 Å². The molecule has 1 heterocycles. The second-order valence-electron chi connectivity index (χ2n) is 5.99. The normalized spacial score (nSPS) is 10.3. The summed E-state index contributed by atoms with van der Waals surface area (Å²) in [5, 5.41) is 3.61. The number of amides is 1. The Hall–Kier alpha value is -3.43. The fourth-order valence-corrected chi connectivity index (χ4v) is 3.00. The van der Waals surface area contributed by atoms with Crippen molar-refractivity contribution in [3.05, 3.63) is 58.3 Å². The summed E-state index contributed by atoms with van der Waals surface area (Å²) in [7, 11) is 3.06. The van der Waals surface area contributed by atoms with E-state index in [1.807, 2.05) is 0 Å². The molecule has 1 aromatic heterocycles. The molecule has 3 N–H and O–H groups in total. The van der Waals surface area contributed by atoms with Crippen LogP contribution in [0, 0.1) is 0 Å². The van der Waals surface area contributed by atoms with Crippen LogP contribution in [0.3, 0.4) is 0 Å². The van der Waals surface area contributed by atoms with Crippen LogP contribution < -0.4 is 30.0 Å². The number of halogens is 2. The molecule has 0 unspecified atom stereocenters. The minimum absolute atomic E-state index is 0.143. The monoisotopic (exact) mass is 464 g/mol. The number of carbonyl (C=O) groups is 1. The summed E-state index contributed by atoms with van der Waals surface area (Å²) in [5.74, 6) is 1.81. The first-order valence-corrected chi connectivity index (χ1v) is 9.55. The molecule has 0 bridgehead atoms. The molecular formula is C20H18Cl2N4O5. The highest BCUT2D eigenvalue weighted by molar-refractivity contribution is 6.33. The molecule has 0 radical (unpaired) electrons. The molecule has 0 spiro atoms. The Kier molecular flexibility index (Phi) is 7.22. The number of para-hydroxylation sites is 1. The number of anilines is 2. The molecule has 0 saturated carbocycles. The quantitative estimate of drug-likeness (QED) is 0.497. The van der Waals surface area contributed by atoms with Gasteiger partial charge in [0, 0.05) is 11.6 Å². The zero-order chi connectivity index (χ0) is 22.4. The number of nitrogens with one attached hydrogen (secondary N) is 1. The summed E-state index contributed by atoms with van der Waals surface area (Å²) in [6.45, 7) is 0.143. The van der Waals surface area contributed by atoms with Gasteiger partial charge >= 0.3 is 6.09 Å². The average molecular weight is 465 g/mol. The Morgan fingerprint density at radius 3 is 2.45 bits per heavy atom. The lowest BCUT2D eigenvalue weighted by Crippen LogP contribution is -2.17. The van der Waals surface area contributed by atoms with Gasteiger partial charge in [-0.1, -0.05) is 29.3 Å². The number of ether oxygens (including phenoxy) is 4. The van der Waals surface area contributed by atoms with Crippen LogP contribution in [0.1, 0.15) is 5.56 Å². The van der Waals surface area contributed by atoms with Gasteiger partial charge in [-0.25, -0.2) is 14.8 Å². The van der Waals surface area contributed by atoms with Crippen LogP contribution >= 0.6 is 23.2 Å². The summed E-state index contributed by atoms with van der Waals surface area (Å²) < 4.78 is 21.1. The molecule has 1 amide bonds. The Morgan fingerprint density at radius 1 is 1.06 bits per heavy atom. The van der Waals surface area contributed by atoms with Crippen molar-refractivity contribution >= 4 is 40.9 Å². The number of hydrogen-bond donors (Lipinski definition) is 2. The first-order chi connectivity index (χ1) is 14.9. The number of nitrogens with two attached hydrogens (primary N) is 1. The molecule has 11 heteroatoms. The van der Waals surface area contributed by atoms with Crippen molar-refractivity contribution in [3.8, 4) is 23.0 Å². The highest BCUT2D eigenvalue weighted by Crippen LogP contribution is 2.35. The summed E-state index contributed by atoms with van der Waals surface area (Å²) in [4.78, 5) is 19.4. The van der Waals surface area contributed by atoms with Gasteiger partial charge in [0.15, 0.2) is 11.5 Å². The van der Waals surface area contributed by atoms with E-state index in [0.29, 0.717) is 38.5 Å². The fraction of sp³-hybridized carbons (Fsp3) is 0.150. The van der Waals surface area contributed by atoms with Crippen molar-refractivity contribution in [1.29, 1.82) is 0 Å². The van der Waals surface area contributed by atoms with Gasteiger partial charge in [0.25, 0.3) is 0 Å². The lowest BCUT2D eigenvalue weighted by molar-refractivity contribution is 0.211. The van der Waals surface area contributed by atoms with Crippen LogP contribution in [0.4, 0.5) is 16.4 Å². The molecule has 0 atom stereocenters. The predicted octanol–water partition coefficient (Wildman–Crippen LogP) is 4.58. The zero-order valence-corrected chi connectivity index (χ0v) is 18.0. The van der Waals surface area contributed by atoms with E-state index in [4.69, 9.17) is 47.9 Å². The van der Waals surface area contributed by atoms with E-state index in [1.54, 1.807) is 31.4 Å². The smallest absolute Gasteiger partial charge is 0.410 e. The SMILES string of the molecule is COc1cc(COc2cnc(Nc3c(Cl)cccc3OC(N)=O)nc2)c(Cl)c(OC)c1. The third kappa shape index (κ3) is 5.59. The highest BCUT2D eigenvalue weighted by Gasteiger charge is 2.13. The van der Waals surface area contributed by atoms with Gasteiger partial charge in [0.1, 0.15) is 23.8 Å². The predicted molar refractivity (Wildman–Crippen MR) is 116 cm³/mol. The minimum Gasteiger partial charge on any atom is -0.497 e. The van der Waals surface area contributed by atoms with E-state index >= 15 is 0 Å². The van der Waals surface area contributed by atoms with E-state index in [-0.39, 0.29) is 18.3 Å². The Morgan fingerprint density at radius 2 is 1.81 bits per heavy atom. The van der Waals surface area contributed by atoms with E-state index < -0.39 is 6.09 Å². The molecule has 0 fully saturated rings. The number of methoxy groups -OCH3 is 2. The molecule has 3 rings (SSSR count). The zero-order valence-electron chi connectivity index (χ0n) is 16.5. The van der Waals surface area contributed by atoms with Gasteiger partial charge < -0.3 is 30.0 Å². The van der Waals surface area contributed by atoms with E-state index in [2.05, 4.69) is 15.3 Å². The van der Waals surface area contributed by atoms with Gasteiger partial charge in [0.2, 0.25) is 5.95 Å². The maximum atomic E-state index is 11.1. The van der Waals surface area contributed by atoms with Crippen LogP contribution in [0.2, 0.25) is 10.0 Å². The Labute approximate surface area is 188 Å². The standard InChI is InChI=1S/C20H18Cl2N4O5/c1-28-12-6-11(17(22)16(7-12)29-2)10-30-13-8-24-20(25-9-13)26-18-14(21)4-3-5-15(18)31-19(23)27/h3-9H,10H2,1-2H3,(H2,23,27)(H,24,25,26). The molecule has 0 saturated heterocycles. The minimum atomic E-state index is -0.970. The average Bonchev–Trinajstić information content (AvgIpc) is 2.76. The van der Waals surface area contributed by atoms with E-state index in [0.717, 1.165) is 0 Å². The fourth-order valence-electron chi connectivity index (χ4n) is 2.55. The van der Waals surface area contributed by atoms with Crippen molar-refractivity contribution in [2.75, 3.05) is 19.5 Å². The summed E-state index contributed by atoms with van der Waals surface area (Å²) in [5.41, 5.74) is 6.05. The first-order valence-electron chi connectivity index (χ1n) is 8.79. The van der Waals surface area contributed by atoms with Crippen LogP contribution in [0.15, 0.2) is 42.7 Å². The highest BCUT2D eigenvalue weighted by atomic mass is 35.5. The van der Waals surface area contributed by atoms with Gasteiger partial charge in [-0.05, 0) is 18.2 Å². The third-order valence-corrected chi connectivity index (χ3v) is 4.73. The number of aromatic nitrogens is 2. The third-order valence-electron chi connectivity index (χ3n) is 3.99. The van der Waals surface area contributed by atoms with Crippen LogP contribution in [-0.4, -0.2) is 30.3 Å². The van der Waals surface area contributed by atoms with E-state index in [1.165, 1.54) is 25.6 Å². The topological polar surface area (TPSA) is 118 Å². The van der Waals surface area contributed by atoms with Crippen molar-refractivity contribution in [2.45, 2.75) is 6.61 Å². The second-order valence-corrected chi connectivity index (χ2v) is 6.78. The lowest BCUT2D eigenvalue weighted by Gasteiger charge is -2.13. The number of nitrogens with zero attached hydrogens (tertiary/aromatic N) is 2. The number of rotatable bonds is 8. The molecule has 31 heavy (non-hydrogen) atoms. The molecule has 162 valence electrons. The van der Waals surface area contributed by atoms with Crippen LogP contribution in [-0.2, 0) is 6.61 Å². The first kappa shape index (κ1) is 22.3. The van der Waals surface area contributed by atoms with E-state index in [9.17, 15) is 4.79 Å². The number of hydrogen-bond acceptors (Lipinski definition) is 8. The van der Waals surface area contributed by atoms with Gasteiger partial charge in [-0.2, -0.15) is 0 Å². The number of benzene rings is 2. The lowest BCUT2D eigenvalue weighted by atomic mass is 10.2. The molecule has 0 aliphatic rings. The molecule has 9 nitrogen and oxygen atoms in total. The molecule has 2 aromatic carbocycles. The molecule has 0 aliphatic heterocycles. The summed E-state index contributed by atoms with van der Waals surface area (Å²) in [6, 6.07) is 8.19. The maximum absolute atomic E-state index is 11.1. The second kappa shape index (κ2) is 10.1.